The molecule has 0 radical (unpaired) electrons. The summed E-state index contributed by atoms with van der Waals surface area (Å²) in [5.74, 6) is 0.434. The van der Waals surface area contributed by atoms with E-state index < -0.39 is 18.3 Å². The van der Waals surface area contributed by atoms with E-state index in [2.05, 4.69) is 9.97 Å². The molecule has 1 heterocycles. The van der Waals surface area contributed by atoms with Crippen LogP contribution < -0.4 is 4.74 Å². The first-order chi connectivity index (χ1) is 14.8. The first kappa shape index (κ1) is 20.6. The molecule has 0 fully saturated rings. The Morgan fingerprint density at radius 3 is 2.48 bits per heavy atom. The number of ketones is 1. The number of fused-ring (bicyclic) bond motifs is 1. The minimum Gasteiger partial charge on any atom is -0.486 e. The van der Waals surface area contributed by atoms with Crippen molar-refractivity contribution < 1.29 is 27.8 Å². The fourth-order valence-electron chi connectivity index (χ4n) is 3.25. The van der Waals surface area contributed by atoms with Crippen molar-refractivity contribution >= 4 is 16.8 Å². The Hall–Kier alpha value is -3.65. The molecule has 0 saturated heterocycles. The average Bonchev–Trinajstić information content (AvgIpc) is 3.19. The molecule has 0 aliphatic carbocycles. The number of aromatic amines is 1. The van der Waals surface area contributed by atoms with Gasteiger partial charge in [-0.2, -0.15) is 13.2 Å². The maximum absolute atomic E-state index is 12.6. The SMILES string of the molecule is O=C(CO)c1ccccc1-c1ccc2nc(COc3ccc(C(F)(F)F)cc3)[nH]c2c1. The number of hydrogen-bond donors (Lipinski definition) is 2. The number of nitrogens with zero attached hydrogens (tertiary/aromatic N) is 1. The van der Waals surface area contributed by atoms with Crippen LogP contribution in [0.4, 0.5) is 13.2 Å². The fourth-order valence-corrected chi connectivity index (χ4v) is 3.25. The van der Waals surface area contributed by atoms with Crippen LogP contribution in [0.15, 0.2) is 66.7 Å². The molecule has 0 amide bonds. The highest BCUT2D eigenvalue weighted by atomic mass is 19.4. The molecule has 3 aromatic carbocycles. The van der Waals surface area contributed by atoms with Gasteiger partial charge in [-0.05, 0) is 47.5 Å². The largest absolute Gasteiger partial charge is 0.486 e. The van der Waals surface area contributed by atoms with Crippen LogP contribution >= 0.6 is 0 Å². The number of aliphatic hydroxyl groups is 1. The van der Waals surface area contributed by atoms with E-state index in [1.54, 1.807) is 24.3 Å². The highest BCUT2D eigenvalue weighted by molar-refractivity contribution is 6.03. The van der Waals surface area contributed by atoms with E-state index in [4.69, 9.17) is 4.74 Å². The molecule has 4 aromatic rings. The van der Waals surface area contributed by atoms with Crippen LogP contribution in [-0.2, 0) is 12.8 Å². The standard InChI is InChI=1S/C23H17F3N2O3/c24-23(25,26)15-6-8-16(9-7-15)31-13-22-27-19-10-5-14(11-20(19)28-22)17-3-1-2-4-18(17)21(30)12-29/h1-11,29H,12-13H2,(H,27,28). The number of aliphatic hydroxyl groups excluding tert-OH is 1. The van der Waals surface area contributed by atoms with Gasteiger partial charge in [-0.1, -0.05) is 30.3 Å². The molecule has 0 aliphatic heterocycles. The average molecular weight is 426 g/mol. The normalized spacial score (nSPS) is 11.6. The topological polar surface area (TPSA) is 75.2 Å². The van der Waals surface area contributed by atoms with Crippen LogP contribution in [0, 0.1) is 0 Å². The zero-order valence-corrected chi connectivity index (χ0v) is 16.1. The Balaban J connectivity index is 1.54. The van der Waals surface area contributed by atoms with Gasteiger partial charge in [-0.15, -0.1) is 0 Å². The summed E-state index contributed by atoms with van der Waals surface area (Å²) in [4.78, 5) is 19.6. The number of nitrogens with one attached hydrogen (secondary N) is 1. The monoisotopic (exact) mass is 426 g/mol. The number of imidazole rings is 1. The van der Waals surface area contributed by atoms with E-state index in [1.807, 2.05) is 18.2 Å². The highest BCUT2D eigenvalue weighted by Crippen LogP contribution is 2.30. The summed E-state index contributed by atoms with van der Waals surface area (Å²) in [6.07, 6.45) is -4.39. The lowest BCUT2D eigenvalue weighted by atomic mass is 9.97. The van der Waals surface area contributed by atoms with Crippen molar-refractivity contribution in [2.24, 2.45) is 0 Å². The van der Waals surface area contributed by atoms with Crippen molar-refractivity contribution in [3.63, 3.8) is 0 Å². The maximum Gasteiger partial charge on any atom is 0.416 e. The molecule has 0 unspecified atom stereocenters. The number of aromatic nitrogens is 2. The number of rotatable bonds is 6. The second kappa shape index (κ2) is 8.23. The maximum atomic E-state index is 12.6. The van der Waals surface area contributed by atoms with Crippen LogP contribution in [-0.4, -0.2) is 27.5 Å². The number of hydrogen-bond acceptors (Lipinski definition) is 4. The molecular formula is C23H17F3N2O3. The van der Waals surface area contributed by atoms with Gasteiger partial charge in [-0.25, -0.2) is 4.98 Å². The number of halogens is 3. The summed E-state index contributed by atoms with van der Waals surface area (Å²) in [5.41, 5.74) is 2.56. The highest BCUT2D eigenvalue weighted by Gasteiger charge is 2.30. The van der Waals surface area contributed by atoms with Crippen LogP contribution in [0.25, 0.3) is 22.2 Å². The summed E-state index contributed by atoms with van der Waals surface area (Å²) in [6.45, 7) is -0.524. The number of Topliss-reactive ketones (excluding diaryl/α,β-unsaturated/α-hetero) is 1. The zero-order chi connectivity index (χ0) is 22.0. The van der Waals surface area contributed by atoms with Gasteiger partial charge in [0.1, 0.15) is 24.8 Å². The Kier molecular flexibility index (Phi) is 5.48. The third-order valence-electron chi connectivity index (χ3n) is 4.77. The lowest BCUT2D eigenvalue weighted by Gasteiger charge is -2.08. The predicted molar refractivity (Wildman–Crippen MR) is 109 cm³/mol. The Bertz CT molecular complexity index is 1230. The molecule has 1 aromatic heterocycles. The summed E-state index contributed by atoms with van der Waals surface area (Å²) < 4.78 is 43.5. The second-order valence-electron chi connectivity index (χ2n) is 6.85. The summed E-state index contributed by atoms with van der Waals surface area (Å²) in [7, 11) is 0. The predicted octanol–water partition coefficient (Wildman–Crippen LogP) is 5.00. The van der Waals surface area contributed by atoms with Crippen LogP contribution in [0.1, 0.15) is 21.7 Å². The van der Waals surface area contributed by atoms with Crippen molar-refractivity contribution in [1.82, 2.24) is 9.97 Å². The van der Waals surface area contributed by atoms with E-state index >= 15 is 0 Å². The van der Waals surface area contributed by atoms with Crippen molar-refractivity contribution in [1.29, 1.82) is 0 Å². The summed E-state index contributed by atoms with van der Waals surface area (Å²) >= 11 is 0. The quantitative estimate of drug-likeness (QED) is 0.426. The summed E-state index contributed by atoms with van der Waals surface area (Å²) in [6, 6.07) is 16.9. The lowest BCUT2D eigenvalue weighted by molar-refractivity contribution is -0.137. The van der Waals surface area contributed by atoms with Crippen molar-refractivity contribution in [3.8, 4) is 16.9 Å². The van der Waals surface area contributed by atoms with Gasteiger partial charge in [0.2, 0.25) is 0 Å². The molecular weight excluding hydrogens is 409 g/mol. The van der Waals surface area contributed by atoms with E-state index in [-0.39, 0.29) is 12.4 Å². The van der Waals surface area contributed by atoms with Gasteiger partial charge in [-0.3, -0.25) is 4.79 Å². The number of carbonyl (C=O) groups is 1. The first-order valence-corrected chi connectivity index (χ1v) is 9.37. The molecule has 0 aliphatic rings. The molecule has 0 atom stereocenters. The number of benzene rings is 3. The zero-order valence-electron chi connectivity index (χ0n) is 16.1. The Labute approximate surface area is 175 Å². The minimum absolute atomic E-state index is 0.0506. The number of alkyl halides is 3. The van der Waals surface area contributed by atoms with E-state index in [1.165, 1.54) is 12.1 Å². The molecule has 8 heteroatoms. The van der Waals surface area contributed by atoms with Crippen molar-refractivity contribution in [2.75, 3.05) is 6.61 Å². The Morgan fingerprint density at radius 1 is 1.03 bits per heavy atom. The van der Waals surface area contributed by atoms with Gasteiger partial charge in [0.05, 0.1) is 16.6 Å². The van der Waals surface area contributed by atoms with Gasteiger partial charge in [0.25, 0.3) is 0 Å². The molecule has 31 heavy (non-hydrogen) atoms. The molecule has 4 rings (SSSR count). The van der Waals surface area contributed by atoms with Gasteiger partial charge >= 0.3 is 6.18 Å². The van der Waals surface area contributed by atoms with Gasteiger partial charge < -0.3 is 14.8 Å². The number of H-pyrrole nitrogens is 1. The smallest absolute Gasteiger partial charge is 0.416 e. The van der Waals surface area contributed by atoms with Crippen LogP contribution in [0.3, 0.4) is 0 Å². The molecule has 0 spiro atoms. The van der Waals surface area contributed by atoms with E-state index in [9.17, 15) is 23.1 Å². The molecule has 158 valence electrons. The third-order valence-corrected chi connectivity index (χ3v) is 4.77. The summed E-state index contributed by atoms with van der Waals surface area (Å²) in [5, 5.41) is 9.21. The molecule has 0 saturated carbocycles. The lowest BCUT2D eigenvalue weighted by Crippen LogP contribution is -2.05. The van der Waals surface area contributed by atoms with Crippen LogP contribution in [0.2, 0.25) is 0 Å². The van der Waals surface area contributed by atoms with Gasteiger partial charge in [0, 0.05) is 5.56 Å². The fraction of sp³-hybridized carbons (Fsp3) is 0.130. The molecule has 5 nitrogen and oxygen atoms in total. The van der Waals surface area contributed by atoms with E-state index in [0.717, 1.165) is 23.2 Å². The molecule has 0 bridgehead atoms. The van der Waals surface area contributed by atoms with Crippen molar-refractivity contribution in [3.05, 3.63) is 83.7 Å². The minimum atomic E-state index is -4.39. The van der Waals surface area contributed by atoms with Crippen molar-refractivity contribution in [2.45, 2.75) is 12.8 Å². The Morgan fingerprint density at radius 2 is 1.77 bits per heavy atom. The van der Waals surface area contributed by atoms with Crippen LogP contribution in [0.5, 0.6) is 5.75 Å². The third kappa shape index (κ3) is 4.44. The second-order valence-corrected chi connectivity index (χ2v) is 6.85. The van der Waals surface area contributed by atoms with E-state index in [0.29, 0.717) is 28.2 Å². The number of ether oxygens (including phenoxy) is 1. The molecule has 2 N–H and O–H groups in total. The first-order valence-electron chi connectivity index (χ1n) is 9.37. The number of carbonyl (C=O) groups excluding carboxylic acids is 1. The van der Waals surface area contributed by atoms with Gasteiger partial charge in [0.15, 0.2) is 5.78 Å².